The standard InChI is InChI=1S/C28H44O5/c1-7-19-23-15-18(33-17(3)29)10-12-28(23,5)22-11-13-27(4)20(16(2)14-24(30)32-6)8-9-21(27)25(22)26(19)31/h16,18-23,25H,7-15H2,1-6H3/t16-,18-,19+,20-,21?,22?,23?,25?,27-,28?/m1/s1. The highest BCUT2D eigenvalue weighted by Crippen LogP contribution is 2.68. The molecule has 0 spiro atoms. The highest BCUT2D eigenvalue weighted by Gasteiger charge is 2.65. The van der Waals surface area contributed by atoms with E-state index in [0.717, 1.165) is 51.4 Å². The number of fused-ring (bicyclic) bond motifs is 5. The molecule has 4 fully saturated rings. The van der Waals surface area contributed by atoms with Crippen LogP contribution < -0.4 is 0 Å². The summed E-state index contributed by atoms with van der Waals surface area (Å²) < 4.78 is 10.6. The zero-order valence-electron chi connectivity index (χ0n) is 21.5. The van der Waals surface area contributed by atoms with Crippen LogP contribution in [0.5, 0.6) is 0 Å². The average Bonchev–Trinajstić information content (AvgIpc) is 3.11. The van der Waals surface area contributed by atoms with E-state index in [9.17, 15) is 14.4 Å². The molecule has 186 valence electrons. The number of carbonyl (C=O) groups is 3. The summed E-state index contributed by atoms with van der Waals surface area (Å²) in [6.45, 7) is 10.7. The van der Waals surface area contributed by atoms with Gasteiger partial charge in [-0.3, -0.25) is 14.4 Å². The maximum atomic E-state index is 14.1. The topological polar surface area (TPSA) is 69.7 Å². The number of rotatable bonds is 5. The number of carbonyl (C=O) groups excluding carboxylic acids is 3. The second-order valence-electron chi connectivity index (χ2n) is 12.3. The van der Waals surface area contributed by atoms with Gasteiger partial charge in [-0.25, -0.2) is 0 Å². The molecular formula is C28H44O5. The smallest absolute Gasteiger partial charge is 0.305 e. The van der Waals surface area contributed by atoms with E-state index in [1.807, 2.05) is 0 Å². The van der Waals surface area contributed by atoms with Crippen molar-refractivity contribution < 1.29 is 23.9 Å². The van der Waals surface area contributed by atoms with Gasteiger partial charge in [0.1, 0.15) is 11.9 Å². The summed E-state index contributed by atoms with van der Waals surface area (Å²) in [5.74, 6) is 2.31. The predicted octanol–water partition coefficient (Wildman–Crippen LogP) is 5.59. The third-order valence-electron chi connectivity index (χ3n) is 10.9. The van der Waals surface area contributed by atoms with Crippen LogP contribution in [0.25, 0.3) is 0 Å². The van der Waals surface area contributed by atoms with Crippen LogP contribution in [0.15, 0.2) is 0 Å². The minimum absolute atomic E-state index is 0.0390. The first-order valence-corrected chi connectivity index (χ1v) is 13.3. The minimum Gasteiger partial charge on any atom is -0.469 e. The molecule has 10 atom stereocenters. The van der Waals surface area contributed by atoms with Crippen molar-refractivity contribution in [3.63, 3.8) is 0 Å². The van der Waals surface area contributed by atoms with Crippen molar-refractivity contribution in [2.75, 3.05) is 7.11 Å². The lowest BCUT2D eigenvalue weighted by Gasteiger charge is -2.62. The van der Waals surface area contributed by atoms with Crippen LogP contribution in [0.1, 0.15) is 92.4 Å². The second kappa shape index (κ2) is 9.00. The van der Waals surface area contributed by atoms with Crippen molar-refractivity contribution in [1.29, 1.82) is 0 Å². The third kappa shape index (κ3) is 3.95. The van der Waals surface area contributed by atoms with E-state index in [2.05, 4.69) is 27.7 Å². The molecule has 0 aromatic rings. The Labute approximate surface area is 199 Å². The molecule has 5 unspecified atom stereocenters. The normalized spacial score (nSPS) is 45.4. The Morgan fingerprint density at radius 3 is 2.33 bits per heavy atom. The maximum Gasteiger partial charge on any atom is 0.305 e. The van der Waals surface area contributed by atoms with Gasteiger partial charge in [0.05, 0.1) is 7.11 Å². The number of ether oxygens (including phenoxy) is 2. The number of hydrogen-bond acceptors (Lipinski definition) is 5. The lowest BCUT2D eigenvalue weighted by Crippen LogP contribution is -2.60. The molecule has 0 aromatic heterocycles. The molecule has 4 aliphatic carbocycles. The Morgan fingerprint density at radius 1 is 1.03 bits per heavy atom. The Hall–Kier alpha value is -1.39. The molecule has 0 saturated heterocycles. The molecular weight excluding hydrogens is 416 g/mol. The van der Waals surface area contributed by atoms with Crippen molar-refractivity contribution >= 4 is 17.7 Å². The fourth-order valence-electron chi connectivity index (χ4n) is 9.42. The molecule has 5 nitrogen and oxygen atoms in total. The van der Waals surface area contributed by atoms with Gasteiger partial charge in [0.25, 0.3) is 0 Å². The SMILES string of the molecule is CC[C@@H]1C(=O)C2C(CC[C@@]3(C)C2CC[C@@H]3[C@H](C)CC(=O)OC)C2(C)CC[C@@H](OC(C)=O)CC12. The monoisotopic (exact) mass is 460 g/mol. The fourth-order valence-corrected chi connectivity index (χ4v) is 9.42. The van der Waals surface area contributed by atoms with Gasteiger partial charge < -0.3 is 9.47 Å². The minimum atomic E-state index is -0.205. The molecule has 4 rings (SSSR count). The lowest BCUT2D eigenvalue weighted by molar-refractivity contribution is -0.178. The van der Waals surface area contributed by atoms with Gasteiger partial charge in [0, 0.05) is 25.2 Å². The van der Waals surface area contributed by atoms with Gasteiger partial charge in [-0.15, -0.1) is 0 Å². The summed E-state index contributed by atoms with van der Waals surface area (Å²) in [7, 11) is 1.47. The first-order valence-electron chi connectivity index (χ1n) is 13.3. The van der Waals surface area contributed by atoms with Crippen LogP contribution in [0.2, 0.25) is 0 Å². The van der Waals surface area contributed by atoms with Gasteiger partial charge in [-0.2, -0.15) is 0 Å². The summed E-state index contributed by atoms with van der Waals surface area (Å²) in [5.41, 5.74) is 0.271. The molecule has 0 amide bonds. The number of Topliss-reactive ketones (excluding diaryl/α,β-unsaturated/α-hetero) is 1. The predicted molar refractivity (Wildman–Crippen MR) is 126 cm³/mol. The van der Waals surface area contributed by atoms with E-state index >= 15 is 0 Å². The molecule has 0 aliphatic heterocycles. The lowest BCUT2D eigenvalue weighted by atomic mass is 9.42. The molecule has 4 saturated carbocycles. The largest absolute Gasteiger partial charge is 0.469 e. The van der Waals surface area contributed by atoms with Crippen molar-refractivity contribution in [3.05, 3.63) is 0 Å². The second-order valence-corrected chi connectivity index (χ2v) is 12.3. The van der Waals surface area contributed by atoms with Gasteiger partial charge in [0.15, 0.2) is 0 Å². The summed E-state index contributed by atoms with van der Waals surface area (Å²) in [5, 5.41) is 0. The fraction of sp³-hybridized carbons (Fsp3) is 0.893. The third-order valence-corrected chi connectivity index (χ3v) is 10.9. The summed E-state index contributed by atoms with van der Waals surface area (Å²) >= 11 is 0. The van der Waals surface area contributed by atoms with Crippen LogP contribution in [0, 0.1) is 52.3 Å². The van der Waals surface area contributed by atoms with Gasteiger partial charge >= 0.3 is 11.9 Å². The Bertz CT molecular complexity index is 791. The van der Waals surface area contributed by atoms with Gasteiger partial charge in [0.2, 0.25) is 0 Å². The Kier molecular flexibility index (Phi) is 6.74. The van der Waals surface area contributed by atoms with Crippen LogP contribution >= 0.6 is 0 Å². The van der Waals surface area contributed by atoms with Crippen LogP contribution in [-0.2, 0) is 23.9 Å². The Balaban J connectivity index is 1.61. The number of ketones is 1. The number of hydrogen-bond donors (Lipinski definition) is 0. The molecule has 4 aliphatic rings. The van der Waals surface area contributed by atoms with Crippen LogP contribution in [0.4, 0.5) is 0 Å². The van der Waals surface area contributed by atoms with E-state index in [1.165, 1.54) is 14.0 Å². The summed E-state index contributed by atoms with van der Waals surface area (Å²) in [6.07, 6.45) is 8.58. The molecule has 0 bridgehead atoms. The summed E-state index contributed by atoms with van der Waals surface area (Å²) in [4.78, 5) is 37.7. The zero-order chi connectivity index (χ0) is 24.1. The number of methoxy groups -OCH3 is 1. The van der Waals surface area contributed by atoms with E-state index in [-0.39, 0.29) is 46.6 Å². The Morgan fingerprint density at radius 2 is 1.70 bits per heavy atom. The van der Waals surface area contributed by atoms with Gasteiger partial charge in [-0.05, 0) is 91.8 Å². The van der Waals surface area contributed by atoms with E-state index in [1.54, 1.807) is 0 Å². The van der Waals surface area contributed by atoms with Crippen molar-refractivity contribution in [2.24, 2.45) is 52.3 Å². The van der Waals surface area contributed by atoms with Crippen molar-refractivity contribution in [3.8, 4) is 0 Å². The molecule has 0 N–H and O–H groups in total. The zero-order valence-corrected chi connectivity index (χ0v) is 21.5. The van der Waals surface area contributed by atoms with E-state index in [0.29, 0.717) is 35.9 Å². The molecule has 5 heteroatoms. The van der Waals surface area contributed by atoms with Crippen molar-refractivity contribution in [2.45, 2.75) is 98.5 Å². The maximum absolute atomic E-state index is 14.1. The quantitative estimate of drug-likeness (QED) is 0.500. The first-order chi connectivity index (χ1) is 15.6. The molecule has 33 heavy (non-hydrogen) atoms. The summed E-state index contributed by atoms with van der Waals surface area (Å²) in [6, 6.07) is 0. The van der Waals surface area contributed by atoms with E-state index < -0.39 is 0 Å². The molecule has 0 heterocycles. The van der Waals surface area contributed by atoms with Crippen molar-refractivity contribution in [1.82, 2.24) is 0 Å². The average molecular weight is 461 g/mol. The van der Waals surface area contributed by atoms with Gasteiger partial charge in [-0.1, -0.05) is 27.7 Å². The first kappa shape index (κ1) is 24.7. The van der Waals surface area contributed by atoms with E-state index in [4.69, 9.17) is 9.47 Å². The highest BCUT2D eigenvalue weighted by atomic mass is 16.5. The van der Waals surface area contributed by atoms with Crippen LogP contribution in [-0.4, -0.2) is 30.9 Å². The number of esters is 2. The highest BCUT2D eigenvalue weighted by molar-refractivity contribution is 5.86. The molecule has 0 aromatic carbocycles. The molecule has 0 radical (unpaired) electrons. The van der Waals surface area contributed by atoms with Crippen LogP contribution in [0.3, 0.4) is 0 Å².